The van der Waals surface area contributed by atoms with Crippen molar-refractivity contribution in [2.75, 3.05) is 33.4 Å². The Balaban J connectivity index is 2.51. The minimum absolute atomic E-state index is 0.0277. The maximum atomic E-state index is 11.9. The van der Waals surface area contributed by atoms with Gasteiger partial charge in [0.1, 0.15) is 18.1 Å². The van der Waals surface area contributed by atoms with Crippen LogP contribution in [0.1, 0.15) is 12.0 Å². The van der Waals surface area contributed by atoms with Gasteiger partial charge in [0.05, 0.1) is 19.4 Å². The second-order valence-electron chi connectivity index (χ2n) is 5.20. The van der Waals surface area contributed by atoms with E-state index in [1.54, 1.807) is 29.0 Å². The van der Waals surface area contributed by atoms with Gasteiger partial charge in [-0.25, -0.2) is 4.79 Å². The lowest BCUT2D eigenvalue weighted by atomic mass is 10.1. The molecule has 2 rings (SSSR count). The van der Waals surface area contributed by atoms with E-state index in [9.17, 15) is 9.59 Å². The molecule has 8 nitrogen and oxygen atoms in total. The predicted octanol–water partition coefficient (Wildman–Crippen LogP) is -0.139. The normalized spacial score (nSPS) is 13.9. The van der Waals surface area contributed by atoms with Gasteiger partial charge in [-0.15, -0.1) is 0 Å². The molecule has 25 heavy (non-hydrogen) atoms. The molecular weight excluding hydrogens is 326 g/mol. The number of carbonyl (C=O) groups is 1. The fraction of sp³-hybridized carbons (Fsp3) is 0.353. The molecule has 0 aliphatic carbocycles. The Morgan fingerprint density at radius 3 is 2.84 bits per heavy atom. The molecule has 1 aliphatic heterocycles. The van der Waals surface area contributed by atoms with Gasteiger partial charge in [-0.3, -0.25) is 10.1 Å². The summed E-state index contributed by atoms with van der Waals surface area (Å²) < 4.78 is 10.8. The van der Waals surface area contributed by atoms with Gasteiger partial charge in [-0.05, 0) is 25.1 Å². The Morgan fingerprint density at radius 1 is 1.40 bits per heavy atom. The third-order valence-electron chi connectivity index (χ3n) is 3.57. The standard InChI is InChI=1S/C17H21N3O5/c1-24-12-3-4-13(15(9-12)25-8-7-21)14-10-17(23)19-16(11-22)20(14)6-2-5-18/h3-4,9-10,21H,2,5-8,18H2,1H3,(H,19,23). The molecule has 0 fully saturated rings. The van der Waals surface area contributed by atoms with Crippen molar-refractivity contribution in [1.82, 2.24) is 10.2 Å². The van der Waals surface area contributed by atoms with Crippen LogP contribution in [0.5, 0.6) is 11.5 Å². The molecule has 0 aromatic heterocycles. The average Bonchev–Trinajstić information content (AvgIpc) is 2.64. The number of nitrogens with one attached hydrogen (secondary N) is 1. The molecule has 134 valence electrons. The van der Waals surface area contributed by atoms with Crippen LogP contribution in [0.3, 0.4) is 0 Å². The van der Waals surface area contributed by atoms with E-state index >= 15 is 0 Å². The zero-order valence-corrected chi connectivity index (χ0v) is 13.9. The first-order valence-corrected chi connectivity index (χ1v) is 7.82. The molecule has 1 aromatic carbocycles. The molecule has 0 saturated heterocycles. The van der Waals surface area contributed by atoms with Crippen molar-refractivity contribution in [1.29, 1.82) is 0 Å². The van der Waals surface area contributed by atoms with Crippen LogP contribution >= 0.6 is 0 Å². The maximum absolute atomic E-state index is 11.9. The molecule has 8 heteroatoms. The molecule has 0 spiro atoms. The maximum Gasteiger partial charge on any atom is 0.252 e. The fourth-order valence-corrected chi connectivity index (χ4v) is 2.44. The fourth-order valence-electron chi connectivity index (χ4n) is 2.44. The van der Waals surface area contributed by atoms with Crippen molar-refractivity contribution in [2.24, 2.45) is 5.73 Å². The summed E-state index contributed by atoms with van der Waals surface area (Å²) in [6.45, 7) is 0.782. The Morgan fingerprint density at radius 2 is 2.20 bits per heavy atom. The number of hydrogen-bond donors (Lipinski definition) is 3. The van der Waals surface area contributed by atoms with Crippen LogP contribution in [-0.2, 0) is 9.59 Å². The van der Waals surface area contributed by atoms with E-state index in [-0.39, 0.29) is 19.0 Å². The number of hydrogen-bond acceptors (Lipinski definition) is 7. The van der Waals surface area contributed by atoms with Gasteiger partial charge in [0.2, 0.25) is 0 Å². The average molecular weight is 347 g/mol. The lowest BCUT2D eigenvalue weighted by Gasteiger charge is -2.31. The first-order valence-electron chi connectivity index (χ1n) is 7.82. The van der Waals surface area contributed by atoms with Crippen LogP contribution in [0, 0.1) is 0 Å². The molecule has 1 aliphatic rings. The molecule has 0 radical (unpaired) electrons. The summed E-state index contributed by atoms with van der Waals surface area (Å²) in [7, 11) is 1.53. The van der Waals surface area contributed by atoms with E-state index in [4.69, 9.17) is 20.3 Å². The summed E-state index contributed by atoms with van der Waals surface area (Å²) in [5.74, 6) is 2.34. The first-order chi connectivity index (χ1) is 12.1. The lowest BCUT2D eigenvalue weighted by Crippen LogP contribution is -2.40. The summed E-state index contributed by atoms with van der Waals surface area (Å²) in [5, 5.41) is 11.5. The second kappa shape index (κ2) is 8.89. The molecule has 0 atom stereocenters. The summed E-state index contributed by atoms with van der Waals surface area (Å²) >= 11 is 0. The monoisotopic (exact) mass is 347 g/mol. The molecule has 4 N–H and O–H groups in total. The highest BCUT2D eigenvalue weighted by Crippen LogP contribution is 2.34. The molecule has 0 unspecified atom stereocenters. The summed E-state index contributed by atoms with van der Waals surface area (Å²) in [6.07, 6.45) is 1.99. The Hall–Kier alpha value is -2.80. The van der Waals surface area contributed by atoms with Crippen molar-refractivity contribution >= 4 is 17.5 Å². The highest BCUT2D eigenvalue weighted by atomic mass is 16.5. The van der Waals surface area contributed by atoms with Crippen LogP contribution in [-0.4, -0.2) is 55.3 Å². The number of nitrogens with two attached hydrogens (primary N) is 1. The number of carbonyl (C=O) groups excluding carboxylic acids is 2. The molecule has 0 bridgehead atoms. The van der Waals surface area contributed by atoms with Crippen molar-refractivity contribution in [3.63, 3.8) is 0 Å². The minimum Gasteiger partial charge on any atom is -0.497 e. The van der Waals surface area contributed by atoms with Gasteiger partial charge in [-0.1, -0.05) is 0 Å². The van der Waals surface area contributed by atoms with Crippen LogP contribution in [0.2, 0.25) is 0 Å². The van der Waals surface area contributed by atoms with Crippen molar-refractivity contribution in [3.8, 4) is 11.5 Å². The summed E-state index contributed by atoms with van der Waals surface area (Å²) in [4.78, 5) is 24.8. The van der Waals surface area contributed by atoms with Crippen LogP contribution in [0.4, 0.5) is 0 Å². The van der Waals surface area contributed by atoms with E-state index in [1.807, 2.05) is 0 Å². The van der Waals surface area contributed by atoms with E-state index in [0.717, 1.165) is 0 Å². The smallest absolute Gasteiger partial charge is 0.252 e. The number of methoxy groups -OCH3 is 1. The molecule has 1 heterocycles. The van der Waals surface area contributed by atoms with E-state index in [2.05, 4.69) is 5.32 Å². The largest absolute Gasteiger partial charge is 0.497 e. The van der Waals surface area contributed by atoms with E-state index in [0.29, 0.717) is 42.3 Å². The first kappa shape index (κ1) is 18.5. The predicted molar refractivity (Wildman–Crippen MR) is 91.3 cm³/mol. The minimum atomic E-state index is -0.429. The number of aliphatic hydroxyl groups excluding tert-OH is 1. The van der Waals surface area contributed by atoms with Gasteiger partial charge in [0.25, 0.3) is 5.91 Å². The van der Waals surface area contributed by atoms with Gasteiger partial charge >= 0.3 is 0 Å². The number of rotatable bonds is 8. The van der Waals surface area contributed by atoms with E-state index < -0.39 is 5.91 Å². The van der Waals surface area contributed by atoms with Gasteiger partial charge in [-0.2, -0.15) is 0 Å². The zero-order chi connectivity index (χ0) is 18.2. The van der Waals surface area contributed by atoms with Crippen molar-refractivity contribution < 1.29 is 24.2 Å². The van der Waals surface area contributed by atoms with Gasteiger partial charge < -0.3 is 25.2 Å². The number of ether oxygens (including phenoxy) is 2. The highest BCUT2D eigenvalue weighted by Gasteiger charge is 2.26. The van der Waals surface area contributed by atoms with Crippen molar-refractivity contribution in [3.05, 3.63) is 35.7 Å². The molecule has 0 saturated carbocycles. The quantitative estimate of drug-likeness (QED) is 0.561. The topological polar surface area (TPSA) is 114 Å². The lowest BCUT2D eigenvalue weighted by molar-refractivity contribution is -0.116. The molecular formula is C17H21N3O5. The molecule has 1 amide bonds. The third kappa shape index (κ3) is 4.39. The van der Waals surface area contributed by atoms with Crippen LogP contribution in [0.25, 0.3) is 5.70 Å². The SMILES string of the molecule is COc1ccc(C2=CC(=O)NC(=C=O)N2CCCN)c(OCCO)c1. The second-order valence-corrected chi connectivity index (χ2v) is 5.20. The number of nitrogens with zero attached hydrogens (tertiary/aromatic N) is 1. The van der Waals surface area contributed by atoms with Gasteiger partial charge in [0.15, 0.2) is 11.8 Å². The summed E-state index contributed by atoms with van der Waals surface area (Å²) in [6, 6.07) is 5.11. The van der Waals surface area contributed by atoms with Crippen molar-refractivity contribution in [2.45, 2.75) is 6.42 Å². The number of benzene rings is 1. The Labute approximate surface area is 145 Å². The third-order valence-corrected chi connectivity index (χ3v) is 3.57. The van der Waals surface area contributed by atoms with Crippen LogP contribution in [0.15, 0.2) is 30.1 Å². The van der Waals surface area contributed by atoms with Crippen LogP contribution < -0.4 is 20.5 Å². The Bertz CT molecular complexity index is 710. The summed E-state index contributed by atoms with van der Waals surface area (Å²) in [5.41, 5.74) is 6.65. The van der Waals surface area contributed by atoms with Gasteiger partial charge in [0, 0.05) is 24.3 Å². The molecule has 1 aromatic rings. The highest BCUT2D eigenvalue weighted by molar-refractivity contribution is 6.00. The van der Waals surface area contributed by atoms with E-state index in [1.165, 1.54) is 13.2 Å². The number of aliphatic hydroxyl groups is 1. The Kier molecular flexibility index (Phi) is 6.59. The number of amides is 1. The zero-order valence-electron chi connectivity index (χ0n) is 13.9.